The van der Waals surface area contributed by atoms with Crippen molar-refractivity contribution in [3.63, 3.8) is 0 Å². The van der Waals surface area contributed by atoms with E-state index in [2.05, 4.69) is 54.9 Å². The van der Waals surface area contributed by atoms with Crippen molar-refractivity contribution >= 4 is 21.8 Å². The van der Waals surface area contributed by atoms with E-state index in [0.29, 0.717) is 0 Å². The van der Waals surface area contributed by atoms with Gasteiger partial charge < -0.3 is 15.1 Å². The summed E-state index contributed by atoms with van der Waals surface area (Å²) in [7, 11) is -3.74. The Balaban J connectivity index is -0.000000107. The van der Waals surface area contributed by atoms with E-state index in [9.17, 15) is 0 Å². The summed E-state index contributed by atoms with van der Waals surface area (Å²) >= 11 is 0. The summed E-state index contributed by atoms with van der Waals surface area (Å²) in [5.41, 5.74) is 0. The second-order valence-corrected chi connectivity index (χ2v) is 15.7. The first-order valence-electron chi connectivity index (χ1n) is 7.74. The molecule has 0 heterocycles. The molecule has 0 bridgehead atoms. The first kappa shape index (κ1) is 25.7. The highest BCUT2D eigenvalue weighted by atomic mass is 31.2. The lowest BCUT2D eigenvalue weighted by Gasteiger charge is -2.35. The second-order valence-electron chi connectivity index (χ2n) is 5.43. The predicted molar refractivity (Wildman–Crippen MR) is 95.8 cm³/mol. The molecule has 0 aromatic carbocycles. The van der Waals surface area contributed by atoms with Crippen molar-refractivity contribution < 1.29 is 16.5 Å². The zero-order valence-corrected chi connectivity index (χ0v) is 16.7. The third-order valence-corrected chi connectivity index (χ3v) is 13.7. The fraction of sp³-hybridized carbons (Fsp3) is 1.00. The molecule has 0 saturated carbocycles. The molecule has 0 aliphatic carbocycles. The van der Waals surface area contributed by atoms with E-state index < -0.39 is 21.8 Å². The van der Waals surface area contributed by atoms with E-state index in [0.717, 1.165) is 0 Å². The molecule has 0 atom stereocenters. The SMILES string of the molecule is CC[P+](C)(CC)CC.CC[P+](C)(CC)CC.[H+].[O-]B([O-])[O-]. The van der Waals surface area contributed by atoms with Crippen LogP contribution in [0.15, 0.2) is 0 Å². The molecule has 20 heavy (non-hydrogen) atoms. The van der Waals surface area contributed by atoms with Gasteiger partial charge in [0.25, 0.3) is 0 Å². The maximum Gasteiger partial charge on any atom is 1.00 e. The molecule has 0 saturated heterocycles. The molecule has 124 valence electrons. The Labute approximate surface area is 130 Å². The molecular weight excluding hydrogens is 289 g/mol. The Kier molecular flexibility index (Phi) is 19.0. The second kappa shape index (κ2) is 14.7. The van der Waals surface area contributed by atoms with Crippen LogP contribution in [0.2, 0.25) is 0 Å². The maximum absolute atomic E-state index is 8.42. The van der Waals surface area contributed by atoms with E-state index in [1.165, 1.54) is 37.0 Å². The minimum atomic E-state index is -2.92. The number of hydrogen-bond acceptors (Lipinski definition) is 3. The van der Waals surface area contributed by atoms with Crippen LogP contribution in [0.25, 0.3) is 0 Å². The van der Waals surface area contributed by atoms with Gasteiger partial charge in [-0.25, -0.2) is 0 Å². The molecule has 0 aliphatic rings. The topological polar surface area (TPSA) is 69.2 Å². The quantitative estimate of drug-likeness (QED) is 0.549. The molecule has 6 heteroatoms. The summed E-state index contributed by atoms with van der Waals surface area (Å²) in [5.74, 6) is 0. The molecule has 0 aromatic heterocycles. The van der Waals surface area contributed by atoms with Gasteiger partial charge in [0.15, 0.2) is 0 Å². The third kappa shape index (κ3) is 16.9. The summed E-state index contributed by atoms with van der Waals surface area (Å²) in [5, 5.41) is 25.2. The molecule has 0 radical (unpaired) electrons. The Bertz CT molecular complexity index is 165. The van der Waals surface area contributed by atoms with E-state index >= 15 is 0 Å². The molecule has 0 amide bonds. The van der Waals surface area contributed by atoms with Gasteiger partial charge in [0, 0.05) is 27.9 Å². The number of rotatable bonds is 6. The lowest BCUT2D eigenvalue weighted by molar-refractivity contribution is -0.479. The van der Waals surface area contributed by atoms with Crippen LogP contribution in [0.4, 0.5) is 0 Å². The van der Waals surface area contributed by atoms with Crippen molar-refractivity contribution in [2.45, 2.75) is 41.5 Å². The summed E-state index contributed by atoms with van der Waals surface area (Å²) in [6, 6.07) is 0. The van der Waals surface area contributed by atoms with Gasteiger partial charge in [0.2, 0.25) is 0 Å². The number of hydrogen-bond donors (Lipinski definition) is 0. The Morgan fingerprint density at radius 2 is 0.700 bits per heavy atom. The predicted octanol–water partition coefficient (Wildman–Crippen LogP) is 1.55. The normalized spacial score (nSPS) is 10.9. The summed E-state index contributed by atoms with van der Waals surface area (Å²) in [4.78, 5) is 0. The fourth-order valence-electron chi connectivity index (χ4n) is 1.34. The van der Waals surface area contributed by atoms with Crippen molar-refractivity contribution in [1.82, 2.24) is 0 Å². The van der Waals surface area contributed by atoms with Crippen LogP contribution in [0, 0.1) is 0 Å². The molecule has 3 nitrogen and oxygen atoms in total. The van der Waals surface area contributed by atoms with Crippen molar-refractivity contribution in [2.24, 2.45) is 0 Å². The molecule has 0 aromatic rings. The van der Waals surface area contributed by atoms with E-state index in [1.807, 2.05) is 0 Å². The maximum atomic E-state index is 8.42. The van der Waals surface area contributed by atoms with E-state index in [1.54, 1.807) is 0 Å². The van der Waals surface area contributed by atoms with Gasteiger partial charge in [0.05, 0.1) is 37.0 Å². The van der Waals surface area contributed by atoms with E-state index in [4.69, 9.17) is 15.1 Å². The van der Waals surface area contributed by atoms with Crippen LogP contribution in [0.5, 0.6) is 0 Å². The van der Waals surface area contributed by atoms with Crippen molar-refractivity contribution in [3.8, 4) is 0 Å². The molecule has 0 aliphatic heterocycles. The van der Waals surface area contributed by atoms with Gasteiger partial charge in [-0.15, -0.1) is 0 Å². The van der Waals surface area contributed by atoms with Gasteiger partial charge in [0.1, 0.15) is 0 Å². The summed E-state index contributed by atoms with van der Waals surface area (Å²) in [6.45, 7) is 18.9. The van der Waals surface area contributed by atoms with Gasteiger partial charge in [-0.2, -0.15) is 0 Å². The summed E-state index contributed by atoms with van der Waals surface area (Å²) in [6.07, 6.45) is 8.58. The Morgan fingerprint density at radius 3 is 0.700 bits per heavy atom. The molecule has 0 spiro atoms. The first-order valence-corrected chi connectivity index (χ1v) is 13.3. The third-order valence-electron chi connectivity index (χ3n) is 4.58. The van der Waals surface area contributed by atoms with Crippen molar-refractivity contribution in [1.29, 1.82) is 0 Å². The lowest BCUT2D eigenvalue weighted by atomic mass is 10.3. The Hall–Kier alpha value is 0.805. The lowest BCUT2D eigenvalue weighted by Crippen LogP contribution is -2.56. The van der Waals surface area contributed by atoms with E-state index in [-0.39, 0.29) is 1.43 Å². The zero-order valence-electron chi connectivity index (χ0n) is 15.9. The van der Waals surface area contributed by atoms with Crippen LogP contribution in [0.3, 0.4) is 0 Å². The van der Waals surface area contributed by atoms with Gasteiger partial charge in [-0.1, -0.05) is 0 Å². The van der Waals surface area contributed by atoms with Crippen molar-refractivity contribution in [3.05, 3.63) is 0 Å². The minimum absolute atomic E-state index is 0. The molecule has 0 unspecified atom stereocenters. The standard InChI is InChI=1S/2C7H18P.BO3/c2*1-5-8(4,6-2)7-3;2-1(3)4/h2*5-7H2,1-4H3;/q2*+1;-3/p+1. The van der Waals surface area contributed by atoms with Gasteiger partial charge in [-0.3, -0.25) is 7.32 Å². The first-order chi connectivity index (χ1) is 9.10. The molecule has 0 rings (SSSR count). The highest BCUT2D eigenvalue weighted by Crippen LogP contribution is 2.53. The monoisotopic (exact) mass is 326 g/mol. The summed E-state index contributed by atoms with van der Waals surface area (Å²) < 4.78 is 0. The van der Waals surface area contributed by atoms with Crippen LogP contribution in [-0.2, 0) is 0 Å². The average Bonchev–Trinajstić information content (AvgIpc) is 2.45. The average molecular weight is 326 g/mol. The molecule has 0 fully saturated rings. The minimum Gasteiger partial charge on any atom is -0.907 e. The smallest absolute Gasteiger partial charge is 0.907 e. The zero-order chi connectivity index (χ0) is 16.8. The fourth-order valence-corrected chi connectivity index (χ4v) is 4.02. The van der Waals surface area contributed by atoms with Crippen LogP contribution in [0.1, 0.15) is 43.0 Å². The highest BCUT2D eigenvalue weighted by Gasteiger charge is 2.23. The van der Waals surface area contributed by atoms with Crippen LogP contribution < -0.4 is 15.1 Å². The van der Waals surface area contributed by atoms with Crippen LogP contribution in [-0.4, -0.2) is 57.6 Å². The van der Waals surface area contributed by atoms with Crippen molar-refractivity contribution in [2.75, 3.05) is 50.3 Å². The molecule has 0 N–H and O–H groups in total. The Morgan fingerprint density at radius 1 is 0.600 bits per heavy atom. The highest BCUT2D eigenvalue weighted by molar-refractivity contribution is 7.75. The van der Waals surface area contributed by atoms with Crippen LogP contribution >= 0.6 is 14.5 Å². The molecular formula is C14H37BO3P2. The van der Waals surface area contributed by atoms with Gasteiger partial charge >= 0.3 is 1.43 Å². The van der Waals surface area contributed by atoms with Gasteiger partial charge in [-0.05, 0) is 41.5 Å². The largest absolute Gasteiger partial charge is 1.00 e.